The molecule has 0 heterocycles. The van der Waals surface area contributed by atoms with E-state index in [0.717, 1.165) is 10.9 Å². The fourth-order valence-corrected chi connectivity index (χ4v) is 3.50. The second kappa shape index (κ2) is 4.87. The van der Waals surface area contributed by atoms with Gasteiger partial charge in [0.2, 0.25) is 0 Å². The molecule has 2 N–H and O–H groups in total. The molecule has 0 saturated heterocycles. The molecule has 2 unspecified atom stereocenters. The maximum Gasteiger partial charge on any atom is 0.0621 e. The Balaban J connectivity index is 1.50. The lowest BCUT2D eigenvalue weighted by Crippen LogP contribution is -2.63. The van der Waals surface area contributed by atoms with Gasteiger partial charge in [0.1, 0.15) is 0 Å². The lowest BCUT2D eigenvalue weighted by atomic mass is 9.63. The summed E-state index contributed by atoms with van der Waals surface area (Å²) in [5, 5.41) is 13.5. The van der Waals surface area contributed by atoms with Gasteiger partial charge >= 0.3 is 0 Å². The minimum absolute atomic E-state index is 0.0443. The smallest absolute Gasteiger partial charge is 0.0621 e. The second-order valence-corrected chi connectivity index (χ2v) is 7.62. The number of aliphatic hydroxyl groups is 1. The van der Waals surface area contributed by atoms with Crippen LogP contribution < -0.4 is 5.32 Å². The van der Waals surface area contributed by atoms with Crippen LogP contribution in [0.15, 0.2) is 28.7 Å². The zero-order valence-corrected chi connectivity index (χ0v) is 13.2. The summed E-state index contributed by atoms with van der Waals surface area (Å²) in [6.45, 7) is 4.31. The van der Waals surface area contributed by atoms with Gasteiger partial charge in [-0.25, -0.2) is 0 Å². The molecule has 19 heavy (non-hydrogen) atoms. The summed E-state index contributed by atoms with van der Waals surface area (Å²) >= 11 is 3.48. The van der Waals surface area contributed by atoms with Gasteiger partial charge in [-0.3, -0.25) is 0 Å². The predicted octanol–water partition coefficient (Wildman–Crippen LogP) is 3.44. The van der Waals surface area contributed by atoms with Gasteiger partial charge in [0.15, 0.2) is 0 Å². The lowest BCUT2D eigenvalue weighted by molar-refractivity contribution is -0.0793. The predicted molar refractivity (Wildman–Crippen MR) is 81.2 cm³/mol. The lowest BCUT2D eigenvalue weighted by Gasteiger charge is -2.53. The number of nitrogens with one attached hydrogen (secondary N) is 1. The van der Waals surface area contributed by atoms with Crippen molar-refractivity contribution in [3.8, 4) is 0 Å². The molecule has 3 heteroatoms. The van der Waals surface area contributed by atoms with Crippen molar-refractivity contribution < 1.29 is 5.11 Å². The van der Waals surface area contributed by atoms with E-state index in [1.807, 2.05) is 0 Å². The number of hydrogen-bond donors (Lipinski definition) is 2. The van der Waals surface area contributed by atoms with Crippen molar-refractivity contribution in [3.63, 3.8) is 0 Å². The van der Waals surface area contributed by atoms with Crippen LogP contribution in [0.1, 0.15) is 44.6 Å². The number of hydrogen-bond acceptors (Lipinski definition) is 2. The average molecular weight is 324 g/mol. The van der Waals surface area contributed by atoms with Crippen molar-refractivity contribution in [3.05, 3.63) is 34.3 Å². The third-order valence-corrected chi connectivity index (χ3v) is 5.66. The molecular weight excluding hydrogens is 302 g/mol. The summed E-state index contributed by atoms with van der Waals surface area (Å²) in [5.41, 5.74) is 1.50. The number of rotatable bonds is 3. The first-order valence-corrected chi connectivity index (χ1v) is 7.95. The van der Waals surface area contributed by atoms with Gasteiger partial charge in [0.05, 0.1) is 6.10 Å². The van der Waals surface area contributed by atoms with E-state index < -0.39 is 0 Å². The molecule has 0 radical (unpaired) electrons. The Bertz CT molecular complexity index is 450. The minimum Gasteiger partial charge on any atom is -0.392 e. The molecule has 2 aliphatic rings. The van der Waals surface area contributed by atoms with Crippen LogP contribution in [0.4, 0.5) is 0 Å². The maximum atomic E-state index is 9.76. The summed E-state index contributed by atoms with van der Waals surface area (Å²) in [6.07, 6.45) is 3.23. The van der Waals surface area contributed by atoms with Crippen LogP contribution in [0.2, 0.25) is 0 Å². The maximum absolute atomic E-state index is 9.76. The summed E-state index contributed by atoms with van der Waals surface area (Å²) < 4.78 is 1.15. The monoisotopic (exact) mass is 323 g/mol. The van der Waals surface area contributed by atoms with Crippen molar-refractivity contribution in [1.29, 1.82) is 0 Å². The molecule has 1 aromatic carbocycles. The zero-order valence-electron chi connectivity index (χ0n) is 11.6. The molecule has 0 spiro atoms. The molecule has 3 rings (SSSR count). The first-order chi connectivity index (χ1) is 8.96. The normalized spacial score (nSPS) is 36.4. The Morgan fingerprint density at radius 3 is 2.32 bits per heavy atom. The molecule has 104 valence electrons. The highest BCUT2D eigenvalue weighted by atomic mass is 79.9. The van der Waals surface area contributed by atoms with Crippen molar-refractivity contribution in [1.82, 2.24) is 5.32 Å². The first-order valence-electron chi connectivity index (χ1n) is 7.16. The van der Waals surface area contributed by atoms with Crippen molar-refractivity contribution >= 4 is 15.9 Å². The molecule has 2 nitrogen and oxygen atoms in total. The quantitative estimate of drug-likeness (QED) is 0.893. The SMILES string of the molecule is CC1(C)C(O)CC1NC1CC(c2ccc(Br)cc2)C1. The highest BCUT2D eigenvalue weighted by molar-refractivity contribution is 9.10. The van der Waals surface area contributed by atoms with E-state index in [1.165, 1.54) is 18.4 Å². The van der Waals surface area contributed by atoms with Crippen LogP contribution in [-0.2, 0) is 0 Å². The van der Waals surface area contributed by atoms with E-state index in [2.05, 4.69) is 59.4 Å². The summed E-state index contributed by atoms with van der Waals surface area (Å²) in [4.78, 5) is 0. The molecule has 0 aliphatic heterocycles. The number of halogens is 1. The van der Waals surface area contributed by atoms with E-state index in [4.69, 9.17) is 0 Å². The first kappa shape index (κ1) is 13.6. The van der Waals surface area contributed by atoms with Gasteiger partial charge in [-0.05, 0) is 42.9 Å². The van der Waals surface area contributed by atoms with E-state index in [0.29, 0.717) is 18.0 Å². The van der Waals surface area contributed by atoms with Crippen LogP contribution in [0.3, 0.4) is 0 Å². The largest absolute Gasteiger partial charge is 0.392 e. The summed E-state index contributed by atoms with van der Waals surface area (Å²) in [7, 11) is 0. The molecule has 0 aromatic heterocycles. The summed E-state index contributed by atoms with van der Waals surface area (Å²) in [5.74, 6) is 0.707. The Labute approximate surface area is 123 Å². The highest BCUT2D eigenvalue weighted by Crippen LogP contribution is 2.44. The van der Waals surface area contributed by atoms with E-state index in [9.17, 15) is 5.11 Å². The Kier molecular flexibility index (Phi) is 3.48. The molecule has 0 bridgehead atoms. The van der Waals surface area contributed by atoms with Crippen LogP contribution in [0.25, 0.3) is 0 Å². The zero-order chi connectivity index (χ0) is 13.6. The van der Waals surface area contributed by atoms with Crippen molar-refractivity contribution in [2.75, 3.05) is 0 Å². The molecular formula is C16H22BrNO. The standard InChI is InChI=1S/C16H22BrNO/c1-16(2)14(9-15(16)19)18-13-7-11(8-13)10-3-5-12(17)6-4-10/h3-6,11,13-15,18-19H,7-9H2,1-2H3. The van der Waals surface area contributed by atoms with Gasteiger partial charge in [0.25, 0.3) is 0 Å². The molecule has 2 saturated carbocycles. The average Bonchev–Trinajstić information content (AvgIpc) is 2.33. The molecule has 2 fully saturated rings. The fraction of sp³-hybridized carbons (Fsp3) is 0.625. The van der Waals surface area contributed by atoms with Crippen molar-refractivity contribution in [2.45, 2.75) is 57.2 Å². The molecule has 2 aliphatic carbocycles. The van der Waals surface area contributed by atoms with Crippen LogP contribution in [0, 0.1) is 5.41 Å². The fourth-order valence-electron chi connectivity index (χ4n) is 3.23. The van der Waals surface area contributed by atoms with Gasteiger partial charge in [-0.15, -0.1) is 0 Å². The third-order valence-electron chi connectivity index (χ3n) is 5.13. The van der Waals surface area contributed by atoms with Gasteiger partial charge < -0.3 is 10.4 Å². The van der Waals surface area contributed by atoms with Crippen LogP contribution >= 0.6 is 15.9 Å². The minimum atomic E-state index is -0.132. The Morgan fingerprint density at radius 2 is 1.79 bits per heavy atom. The highest BCUT2D eigenvalue weighted by Gasteiger charge is 2.48. The third kappa shape index (κ3) is 2.48. The van der Waals surface area contributed by atoms with Crippen LogP contribution in [-0.4, -0.2) is 23.3 Å². The van der Waals surface area contributed by atoms with Crippen LogP contribution in [0.5, 0.6) is 0 Å². The number of benzene rings is 1. The Hall–Kier alpha value is -0.380. The van der Waals surface area contributed by atoms with E-state index >= 15 is 0 Å². The van der Waals surface area contributed by atoms with E-state index in [-0.39, 0.29) is 11.5 Å². The van der Waals surface area contributed by atoms with Crippen molar-refractivity contribution in [2.24, 2.45) is 5.41 Å². The van der Waals surface area contributed by atoms with Gasteiger partial charge in [-0.2, -0.15) is 0 Å². The molecule has 2 atom stereocenters. The second-order valence-electron chi connectivity index (χ2n) is 6.71. The van der Waals surface area contributed by atoms with Gasteiger partial charge in [0, 0.05) is 22.0 Å². The van der Waals surface area contributed by atoms with Gasteiger partial charge in [-0.1, -0.05) is 41.9 Å². The molecule has 1 aromatic rings. The molecule has 0 amide bonds. The Morgan fingerprint density at radius 1 is 1.16 bits per heavy atom. The summed E-state index contributed by atoms with van der Waals surface area (Å²) in [6, 6.07) is 9.82. The van der Waals surface area contributed by atoms with E-state index in [1.54, 1.807) is 0 Å². The topological polar surface area (TPSA) is 32.3 Å². The number of aliphatic hydroxyl groups excluding tert-OH is 1.